The van der Waals surface area contributed by atoms with Crippen LogP contribution in [0.1, 0.15) is 88.1 Å². The van der Waals surface area contributed by atoms with Crippen molar-refractivity contribution >= 4 is 21.7 Å². The minimum atomic E-state index is -4.12. The number of nitrogens with zero attached hydrogens (tertiary/aromatic N) is 1. The number of hydrogen-bond acceptors (Lipinski definition) is 5. The maximum absolute atomic E-state index is 12.6. The van der Waals surface area contributed by atoms with Crippen molar-refractivity contribution in [3.8, 4) is 0 Å². The number of nitrogens with one attached hydrogen (secondary N) is 1. The van der Waals surface area contributed by atoms with Gasteiger partial charge in [-0.1, -0.05) is 39.5 Å². The van der Waals surface area contributed by atoms with Crippen LogP contribution in [-0.4, -0.2) is 39.1 Å². The Bertz CT molecular complexity index is 823. The van der Waals surface area contributed by atoms with Crippen molar-refractivity contribution in [3.05, 3.63) is 23.3 Å². The molecule has 2 rings (SSSR count). The van der Waals surface area contributed by atoms with Crippen LogP contribution in [0.3, 0.4) is 0 Å². The van der Waals surface area contributed by atoms with E-state index in [9.17, 15) is 18.3 Å². The summed E-state index contributed by atoms with van der Waals surface area (Å²) < 4.78 is 25.3. The van der Waals surface area contributed by atoms with E-state index < -0.39 is 21.5 Å². The Morgan fingerprint density at radius 2 is 1.80 bits per heavy atom. The van der Waals surface area contributed by atoms with E-state index in [2.05, 4.69) is 24.1 Å². The fourth-order valence-corrected chi connectivity index (χ4v) is 5.16. The molecule has 1 fully saturated rings. The van der Waals surface area contributed by atoms with Crippen LogP contribution < -0.4 is 15.4 Å². The van der Waals surface area contributed by atoms with Crippen LogP contribution in [0.4, 0.5) is 5.69 Å². The molecular formula is C22H37N3O4S. The van der Waals surface area contributed by atoms with Crippen LogP contribution >= 0.6 is 0 Å². The Morgan fingerprint density at radius 1 is 1.17 bits per heavy atom. The highest BCUT2D eigenvalue weighted by Crippen LogP contribution is 2.41. The fraction of sp³-hybridized carbons (Fsp3) is 0.682. The number of unbranched alkanes of at least 4 members (excludes halogenated alkanes) is 2. The van der Waals surface area contributed by atoms with Crippen LogP contribution in [0, 0.1) is 0 Å². The second-order valence-corrected chi connectivity index (χ2v) is 10.0. The molecule has 30 heavy (non-hydrogen) atoms. The average Bonchev–Trinajstić information content (AvgIpc) is 2.91. The highest BCUT2D eigenvalue weighted by atomic mass is 32.2. The largest absolute Gasteiger partial charge is 0.478 e. The lowest BCUT2D eigenvalue weighted by molar-refractivity contribution is 0.0696. The third-order valence-electron chi connectivity index (χ3n) is 5.96. The Labute approximate surface area is 181 Å². The summed E-state index contributed by atoms with van der Waals surface area (Å²) in [5.74, 6) is -1.15. The number of primary sulfonamides is 1. The first-order valence-corrected chi connectivity index (χ1v) is 12.6. The number of hydrogen-bond donors (Lipinski definition) is 3. The molecule has 1 saturated heterocycles. The van der Waals surface area contributed by atoms with Crippen molar-refractivity contribution in [2.45, 2.75) is 82.6 Å². The van der Waals surface area contributed by atoms with Crippen molar-refractivity contribution in [2.75, 3.05) is 24.5 Å². The number of anilines is 1. The molecular weight excluding hydrogens is 402 g/mol. The zero-order chi connectivity index (χ0) is 22.4. The third kappa shape index (κ3) is 5.95. The quantitative estimate of drug-likeness (QED) is 0.511. The molecule has 8 heteroatoms. The Kier molecular flexibility index (Phi) is 8.70. The molecule has 1 aliphatic heterocycles. The van der Waals surface area contributed by atoms with Gasteiger partial charge in [-0.2, -0.15) is 0 Å². The van der Waals surface area contributed by atoms with E-state index in [1.807, 2.05) is 6.92 Å². The van der Waals surface area contributed by atoms with Gasteiger partial charge in [-0.15, -0.1) is 0 Å². The molecule has 0 saturated carbocycles. The number of aromatic carboxylic acids is 1. The number of rotatable bonds is 10. The van der Waals surface area contributed by atoms with E-state index in [1.165, 1.54) is 6.07 Å². The third-order valence-corrected chi connectivity index (χ3v) is 6.89. The van der Waals surface area contributed by atoms with Gasteiger partial charge in [-0.25, -0.2) is 18.4 Å². The lowest BCUT2D eigenvalue weighted by atomic mass is 9.85. The van der Waals surface area contributed by atoms with Gasteiger partial charge in [0.25, 0.3) is 0 Å². The number of sulfonamides is 1. The van der Waals surface area contributed by atoms with Gasteiger partial charge in [0.15, 0.2) is 0 Å². The fourth-order valence-electron chi connectivity index (χ4n) is 4.25. The van der Waals surface area contributed by atoms with Crippen molar-refractivity contribution in [3.63, 3.8) is 0 Å². The molecule has 170 valence electrons. The van der Waals surface area contributed by atoms with E-state index >= 15 is 0 Å². The average molecular weight is 440 g/mol. The van der Waals surface area contributed by atoms with E-state index in [1.54, 1.807) is 6.07 Å². The van der Waals surface area contributed by atoms with E-state index in [0.717, 1.165) is 71.0 Å². The van der Waals surface area contributed by atoms with Crippen molar-refractivity contribution in [2.24, 2.45) is 5.14 Å². The summed E-state index contributed by atoms with van der Waals surface area (Å²) >= 11 is 0. The number of nitrogens with two attached hydrogens (primary N) is 1. The van der Waals surface area contributed by atoms with Gasteiger partial charge in [0, 0.05) is 29.9 Å². The molecule has 1 heterocycles. The maximum Gasteiger partial charge on any atom is 0.335 e. The molecule has 0 spiro atoms. The molecule has 7 nitrogen and oxygen atoms in total. The van der Waals surface area contributed by atoms with Crippen molar-refractivity contribution < 1.29 is 18.3 Å². The normalized spacial score (nSPS) is 20.0. The first kappa shape index (κ1) is 24.6. The second kappa shape index (κ2) is 10.6. The Balaban J connectivity index is 2.80. The summed E-state index contributed by atoms with van der Waals surface area (Å²) in [6.45, 7) is 8.50. The monoisotopic (exact) mass is 439 g/mol. The lowest BCUT2D eigenvalue weighted by Crippen LogP contribution is -2.42. The Hall–Kier alpha value is -1.64. The summed E-state index contributed by atoms with van der Waals surface area (Å²) in [5.41, 5.74) is 0.649. The van der Waals surface area contributed by atoms with Gasteiger partial charge in [0.05, 0.1) is 10.5 Å². The van der Waals surface area contributed by atoms with Crippen LogP contribution in [0.2, 0.25) is 0 Å². The minimum absolute atomic E-state index is 0.0482. The summed E-state index contributed by atoms with van der Waals surface area (Å²) in [6, 6.07) is 2.86. The zero-order valence-electron chi connectivity index (χ0n) is 18.5. The van der Waals surface area contributed by atoms with E-state index in [-0.39, 0.29) is 10.5 Å². The molecule has 1 aromatic rings. The predicted octanol–water partition coefficient (Wildman–Crippen LogP) is 3.82. The van der Waals surface area contributed by atoms with E-state index in [4.69, 9.17) is 5.14 Å². The highest BCUT2D eigenvalue weighted by Gasteiger charge is 2.37. The summed E-state index contributed by atoms with van der Waals surface area (Å²) in [7, 11) is -4.12. The number of benzene rings is 1. The molecule has 0 bridgehead atoms. The van der Waals surface area contributed by atoms with Gasteiger partial charge in [0.2, 0.25) is 10.0 Å². The van der Waals surface area contributed by atoms with Gasteiger partial charge in [0.1, 0.15) is 0 Å². The van der Waals surface area contributed by atoms with E-state index in [0.29, 0.717) is 11.3 Å². The van der Waals surface area contributed by atoms with Gasteiger partial charge in [-0.05, 0) is 51.3 Å². The molecule has 1 unspecified atom stereocenters. The zero-order valence-corrected chi connectivity index (χ0v) is 19.4. The van der Waals surface area contributed by atoms with Gasteiger partial charge >= 0.3 is 5.97 Å². The molecule has 0 aromatic heterocycles. The second-order valence-electron chi connectivity index (χ2n) is 8.48. The maximum atomic E-state index is 12.6. The molecule has 0 radical (unpaired) electrons. The number of carbonyl (C=O) groups is 1. The SMILES string of the molecule is CCCCN(CCCC)c1cc(C(=O)O)cc(S(N)(=O)=O)c1C1(C)CCCCCN1. The standard InChI is InChI=1S/C22H37N3O4S/c1-4-6-13-25(14-7-5-2)18-15-17(21(26)27)16-19(30(23,28)29)20(18)22(3)11-9-8-10-12-24-22/h15-16,24H,4-14H2,1-3H3,(H,26,27)(H2,23,28,29). The minimum Gasteiger partial charge on any atom is -0.478 e. The highest BCUT2D eigenvalue weighted by molar-refractivity contribution is 7.89. The molecule has 1 aromatic carbocycles. The molecule has 0 amide bonds. The first-order chi connectivity index (χ1) is 14.1. The first-order valence-electron chi connectivity index (χ1n) is 11.1. The molecule has 1 atom stereocenters. The summed E-state index contributed by atoms with van der Waals surface area (Å²) in [5, 5.41) is 18.9. The number of carboxylic acid groups (broad SMARTS) is 1. The predicted molar refractivity (Wildman–Crippen MR) is 121 cm³/mol. The summed E-state index contributed by atoms with van der Waals surface area (Å²) in [4.78, 5) is 13.9. The van der Waals surface area contributed by atoms with Gasteiger partial charge in [-0.3, -0.25) is 0 Å². The van der Waals surface area contributed by atoms with Crippen LogP contribution in [0.15, 0.2) is 17.0 Å². The topological polar surface area (TPSA) is 113 Å². The smallest absolute Gasteiger partial charge is 0.335 e. The lowest BCUT2D eigenvalue weighted by Gasteiger charge is -2.37. The van der Waals surface area contributed by atoms with Crippen molar-refractivity contribution in [1.82, 2.24) is 5.32 Å². The molecule has 1 aliphatic rings. The molecule has 0 aliphatic carbocycles. The van der Waals surface area contributed by atoms with Gasteiger partial charge < -0.3 is 15.3 Å². The van der Waals surface area contributed by atoms with Crippen LogP contribution in [0.5, 0.6) is 0 Å². The van der Waals surface area contributed by atoms with Crippen LogP contribution in [0.25, 0.3) is 0 Å². The Morgan fingerprint density at radius 3 is 2.33 bits per heavy atom. The summed E-state index contributed by atoms with van der Waals surface area (Å²) in [6.07, 6.45) is 7.71. The molecule has 4 N–H and O–H groups in total. The van der Waals surface area contributed by atoms with Crippen LogP contribution in [-0.2, 0) is 15.6 Å². The van der Waals surface area contributed by atoms with Crippen molar-refractivity contribution in [1.29, 1.82) is 0 Å². The number of carboxylic acids is 1.